The number of ether oxygens (including phenoxy) is 1. The molecule has 2 amide bonds. The lowest BCUT2D eigenvalue weighted by atomic mass is 10.0. The molecule has 3 rings (SSSR count). The molecule has 2 aliphatic rings. The van der Waals surface area contributed by atoms with Crippen LogP contribution in [0.5, 0.6) is 0 Å². The van der Waals surface area contributed by atoms with Crippen LogP contribution in [-0.4, -0.2) is 90.2 Å². The van der Waals surface area contributed by atoms with Crippen molar-refractivity contribution in [1.29, 1.82) is 0 Å². The molecule has 2 heterocycles. The van der Waals surface area contributed by atoms with Gasteiger partial charge in [0.1, 0.15) is 5.70 Å². The van der Waals surface area contributed by atoms with Crippen LogP contribution in [0.2, 0.25) is 10.0 Å². The first kappa shape index (κ1) is 23.0. The first-order valence-electron chi connectivity index (χ1n) is 10.1. The lowest BCUT2D eigenvalue weighted by Crippen LogP contribution is -2.48. The van der Waals surface area contributed by atoms with Crippen molar-refractivity contribution in [3.8, 4) is 0 Å². The summed E-state index contributed by atoms with van der Waals surface area (Å²) in [6.07, 6.45) is 0.00928. The molecule has 1 aromatic rings. The topological polar surface area (TPSA) is 73.3 Å². The van der Waals surface area contributed by atoms with Crippen LogP contribution < -0.4 is 0 Å². The maximum atomic E-state index is 13.3. The Hall–Kier alpha value is -1.64. The minimum atomic E-state index is -0.371. The Morgan fingerprint density at radius 2 is 1.77 bits per heavy atom. The van der Waals surface area contributed by atoms with Gasteiger partial charge >= 0.3 is 0 Å². The molecule has 0 spiro atoms. The van der Waals surface area contributed by atoms with Crippen molar-refractivity contribution in [2.24, 2.45) is 0 Å². The minimum Gasteiger partial charge on any atom is -0.395 e. The quantitative estimate of drug-likeness (QED) is 0.605. The molecule has 0 aliphatic carbocycles. The van der Waals surface area contributed by atoms with Crippen molar-refractivity contribution in [2.45, 2.75) is 20.0 Å². The van der Waals surface area contributed by atoms with Gasteiger partial charge in [-0.1, -0.05) is 29.3 Å². The maximum Gasteiger partial charge on any atom is 0.277 e. The van der Waals surface area contributed by atoms with Crippen molar-refractivity contribution >= 4 is 40.6 Å². The molecule has 1 fully saturated rings. The molecule has 9 heteroatoms. The summed E-state index contributed by atoms with van der Waals surface area (Å²) in [6, 6.07) is 4.92. The molecule has 164 valence electrons. The minimum absolute atomic E-state index is 0.00928. The lowest BCUT2D eigenvalue weighted by Gasteiger charge is -2.36. The third-order valence-corrected chi connectivity index (χ3v) is 5.76. The Morgan fingerprint density at radius 3 is 2.37 bits per heavy atom. The van der Waals surface area contributed by atoms with Crippen LogP contribution in [0, 0.1) is 0 Å². The number of hydrogen-bond donors (Lipinski definition) is 1. The van der Waals surface area contributed by atoms with E-state index >= 15 is 0 Å². The zero-order valence-electron chi connectivity index (χ0n) is 17.2. The molecular formula is C21H27Cl2N3O4. The number of nitrogens with zero attached hydrogens (tertiary/aromatic N) is 3. The van der Waals surface area contributed by atoms with Crippen molar-refractivity contribution in [3.63, 3.8) is 0 Å². The number of aliphatic hydroxyl groups is 1. The number of rotatable bonds is 8. The van der Waals surface area contributed by atoms with Gasteiger partial charge in [-0.15, -0.1) is 0 Å². The Morgan fingerprint density at radius 1 is 1.07 bits per heavy atom. The smallest absolute Gasteiger partial charge is 0.277 e. The van der Waals surface area contributed by atoms with Crippen molar-refractivity contribution in [2.75, 3.05) is 52.5 Å². The van der Waals surface area contributed by atoms with Gasteiger partial charge in [-0.05, 0) is 26.0 Å². The van der Waals surface area contributed by atoms with E-state index in [1.165, 1.54) is 4.90 Å². The summed E-state index contributed by atoms with van der Waals surface area (Å²) < 4.78 is 5.55. The normalized spacial score (nSPS) is 18.3. The van der Waals surface area contributed by atoms with E-state index in [9.17, 15) is 9.59 Å². The standard InChI is InChI=1S/C21H27Cl2N3O4/c1-14(2)30-12-10-26-20(28)18(16-4-3-15(22)13-17(16)23)19(21(26)29)25-7-5-24(6-8-25)9-11-27/h3-4,13-14,27H,5-12H2,1-2H3. The molecule has 30 heavy (non-hydrogen) atoms. The lowest BCUT2D eigenvalue weighted by molar-refractivity contribution is -0.138. The highest BCUT2D eigenvalue weighted by atomic mass is 35.5. The van der Waals surface area contributed by atoms with Gasteiger partial charge in [-0.3, -0.25) is 19.4 Å². The number of carbonyl (C=O) groups excluding carboxylic acids is 2. The zero-order chi connectivity index (χ0) is 21.8. The van der Waals surface area contributed by atoms with E-state index < -0.39 is 0 Å². The van der Waals surface area contributed by atoms with Gasteiger partial charge < -0.3 is 14.7 Å². The van der Waals surface area contributed by atoms with Crippen molar-refractivity contribution in [3.05, 3.63) is 39.5 Å². The SMILES string of the molecule is CC(C)OCCN1C(=O)C(c2ccc(Cl)cc2Cl)=C(N2CCN(CCO)CC2)C1=O. The number of carbonyl (C=O) groups is 2. The number of halogens is 2. The van der Waals surface area contributed by atoms with E-state index in [0.29, 0.717) is 59.6 Å². The highest BCUT2D eigenvalue weighted by Crippen LogP contribution is 2.36. The molecule has 0 saturated carbocycles. The third-order valence-electron chi connectivity index (χ3n) is 5.21. The molecule has 0 aromatic heterocycles. The summed E-state index contributed by atoms with van der Waals surface area (Å²) in [5, 5.41) is 9.95. The molecule has 7 nitrogen and oxygen atoms in total. The summed E-state index contributed by atoms with van der Waals surface area (Å²) in [5.74, 6) is -0.701. The van der Waals surface area contributed by atoms with Crippen molar-refractivity contribution in [1.82, 2.24) is 14.7 Å². The van der Waals surface area contributed by atoms with E-state index in [4.69, 9.17) is 33.0 Å². The molecule has 2 aliphatic heterocycles. The molecule has 0 unspecified atom stereocenters. The number of imide groups is 1. The first-order valence-corrected chi connectivity index (χ1v) is 10.8. The predicted molar refractivity (Wildman–Crippen MR) is 116 cm³/mol. The summed E-state index contributed by atoms with van der Waals surface area (Å²) >= 11 is 12.4. The van der Waals surface area contributed by atoms with Crippen LogP contribution in [-0.2, 0) is 14.3 Å². The average Bonchev–Trinajstić information content (AvgIpc) is 2.93. The fourth-order valence-corrected chi connectivity index (χ4v) is 4.21. The Labute approximate surface area is 186 Å². The molecule has 1 saturated heterocycles. The van der Waals surface area contributed by atoms with Gasteiger partial charge in [0.2, 0.25) is 0 Å². The van der Waals surface area contributed by atoms with Gasteiger partial charge in [-0.2, -0.15) is 0 Å². The number of piperazine rings is 1. The molecule has 0 bridgehead atoms. The number of β-amino-alcohol motifs (C(OH)–C–C–N with tert-alkyl or cyclic N) is 1. The van der Waals surface area contributed by atoms with Crippen LogP contribution in [0.25, 0.3) is 5.57 Å². The fraction of sp³-hybridized carbons (Fsp3) is 0.524. The summed E-state index contributed by atoms with van der Waals surface area (Å²) in [5.41, 5.74) is 1.18. The second-order valence-electron chi connectivity index (χ2n) is 7.58. The zero-order valence-corrected chi connectivity index (χ0v) is 18.7. The highest BCUT2D eigenvalue weighted by molar-refractivity contribution is 6.41. The van der Waals surface area contributed by atoms with Crippen molar-refractivity contribution < 1.29 is 19.4 Å². The monoisotopic (exact) mass is 455 g/mol. The molecule has 1 N–H and O–H groups in total. The van der Waals surface area contributed by atoms with Gasteiger partial charge in [0, 0.05) is 43.3 Å². The average molecular weight is 456 g/mol. The number of hydrogen-bond acceptors (Lipinski definition) is 6. The van der Waals surface area contributed by atoms with Gasteiger partial charge in [0.25, 0.3) is 11.8 Å². The third kappa shape index (κ3) is 4.98. The summed E-state index contributed by atoms with van der Waals surface area (Å²) in [6.45, 7) is 7.51. The Kier molecular flexibility index (Phi) is 7.76. The first-order chi connectivity index (χ1) is 14.3. The summed E-state index contributed by atoms with van der Waals surface area (Å²) in [4.78, 5) is 31.9. The largest absolute Gasteiger partial charge is 0.395 e. The number of amides is 2. The van der Waals surface area contributed by atoms with Crippen LogP contribution in [0.3, 0.4) is 0 Å². The molecular weight excluding hydrogens is 429 g/mol. The van der Waals surface area contributed by atoms with Crippen LogP contribution in [0.15, 0.2) is 23.9 Å². The van der Waals surface area contributed by atoms with Gasteiger partial charge in [0.05, 0.1) is 36.5 Å². The number of benzene rings is 1. The maximum absolute atomic E-state index is 13.3. The van der Waals surface area contributed by atoms with E-state index in [-0.39, 0.29) is 37.7 Å². The second-order valence-corrected chi connectivity index (χ2v) is 8.43. The van der Waals surface area contributed by atoms with Crippen LogP contribution in [0.1, 0.15) is 19.4 Å². The van der Waals surface area contributed by atoms with Gasteiger partial charge in [-0.25, -0.2) is 0 Å². The molecule has 1 aromatic carbocycles. The van der Waals surface area contributed by atoms with E-state index in [1.807, 2.05) is 18.7 Å². The van der Waals surface area contributed by atoms with E-state index in [2.05, 4.69) is 4.90 Å². The number of aliphatic hydroxyl groups excluding tert-OH is 1. The van der Waals surface area contributed by atoms with Crippen LogP contribution >= 0.6 is 23.2 Å². The van der Waals surface area contributed by atoms with Gasteiger partial charge in [0.15, 0.2) is 0 Å². The van der Waals surface area contributed by atoms with E-state index in [0.717, 1.165) is 0 Å². The van der Waals surface area contributed by atoms with E-state index in [1.54, 1.807) is 18.2 Å². The fourth-order valence-electron chi connectivity index (χ4n) is 3.71. The Balaban J connectivity index is 1.92. The van der Waals surface area contributed by atoms with Crippen LogP contribution in [0.4, 0.5) is 0 Å². The highest BCUT2D eigenvalue weighted by Gasteiger charge is 2.42. The summed E-state index contributed by atoms with van der Waals surface area (Å²) in [7, 11) is 0. The second kappa shape index (κ2) is 10.1. The molecule has 0 atom stereocenters. The predicted octanol–water partition coefficient (Wildman–Crippen LogP) is 2.11. The Bertz CT molecular complexity index is 836. The molecule has 0 radical (unpaired) electrons.